The minimum Gasteiger partial charge on any atom is -0.481 e. The number of aliphatic carboxylic acids is 1. The van der Waals surface area contributed by atoms with Gasteiger partial charge in [0.05, 0.1) is 28.2 Å². The molecule has 2 aromatic carbocycles. The Morgan fingerprint density at radius 1 is 1.10 bits per heavy atom. The van der Waals surface area contributed by atoms with Gasteiger partial charge < -0.3 is 10.4 Å². The second-order valence-corrected chi connectivity index (χ2v) is 7.30. The van der Waals surface area contributed by atoms with Crippen LogP contribution in [0.5, 0.6) is 0 Å². The lowest BCUT2D eigenvalue weighted by Gasteiger charge is -2.19. The van der Waals surface area contributed by atoms with Gasteiger partial charge in [-0.1, -0.05) is 59.6 Å². The number of nitrogens with zero attached hydrogens (tertiary/aromatic N) is 1. The van der Waals surface area contributed by atoms with Gasteiger partial charge in [-0.15, -0.1) is 0 Å². The zero-order valence-corrected chi connectivity index (χ0v) is 17.0. The molecule has 0 radical (unpaired) electrons. The Bertz CT molecular complexity index is 1070. The number of carbonyl (C=O) groups excluding carboxylic acids is 1. The third-order valence-corrected chi connectivity index (χ3v) is 5.32. The van der Waals surface area contributed by atoms with Crippen molar-refractivity contribution < 1.29 is 14.7 Å². The van der Waals surface area contributed by atoms with Gasteiger partial charge in [0, 0.05) is 17.3 Å². The fraction of sp³-hybridized carbons (Fsp3) is 0.136. The molecule has 0 aliphatic rings. The van der Waals surface area contributed by atoms with Gasteiger partial charge in [0.1, 0.15) is 0 Å². The number of hydrogen-bond acceptors (Lipinski definition) is 3. The first-order valence-corrected chi connectivity index (χ1v) is 9.61. The monoisotopic (exact) mass is 428 g/mol. The van der Waals surface area contributed by atoms with Gasteiger partial charge in [-0.05, 0) is 36.2 Å². The number of aryl methyl sites for hydroxylation is 1. The second kappa shape index (κ2) is 9.07. The SMILES string of the molecule is Cc1ccccc1[C@H](CC(=O)O)NC(=O)c1ccnc(-c2cccc(Cl)c2Cl)c1. The maximum atomic E-state index is 12.9. The molecule has 0 saturated carbocycles. The molecule has 5 nitrogen and oxygen atoms in total. The standard InChI is InChI=1S/C22H18Cl2N2O3/c1-13-5-2-3-6-15(13)19(12-20(27)28)26-22(29)14-9-10-25-18(11-14)16-7-4-8-17(23)21(16)24/h2-11,19H,12H2,1H3,(H,26,29)(H,27,28)/t19-/m0/s1. The molecule has 1 amide bonds. The molecule has 0 saturated heterocycles. The average Bonchev–Trinajstić information content (AvgIpc) is 2.69. The van der Waals surface area contributed by atoms with E-state index >= 15 is 0 Å². The van der Waals surface area contributed by atoms with Crippen LogP contribution in [0.25, 0.3) is 11.3 Å². The summed E-state index contributed by atoms with van der Waals surface area (Å²) >= 11 is 12.3. The molecule has 7 heteroatoms. The van der Waals surface area contributed by atoms with Crippen molar-refractivity contribution in [1.29, 1.82) is 0 Å². The predicted molar refractivity (Wildman–Crippen MR) is 113 cm³/mol. The van der Waals surface area contributed by atoms with Gasteiger partial charge in [0.15, 0.2) is 0 Å². The van der Waals surface area contributed by atoms with Crippen molar-refractivity contribution in [1.82, 2.24) is 10.3 Å². The van der Waals surface area contributed by atoms with E-state index in [0.717, 1.165) is 11.1 Å². The highest BCUT2D eigenvalue weighted by molar-refractivity contribution is 6.43. The minimum absolute atomic E-state index is 0.228. The smallest absolute Gasteiger partial charge is 0.305 e. The summed E-state index contributed by atoms with van der Waals surface area (Å²) < 4.78 is 0. The highest BCUT2D eigenvalue weighted by atomic mass is 35.5. The zero-order valence-electron chi connectivity index (χ0n) is 15.5. The molecule has 1 atom stereocenters. The molecule has 3 aromatic rings. The van der Waals surface area contributed by atoms with Gasteiger partial charge in [-0.25, -0.2) is 0 Å². The summed E-state index contributed by atoms with van der Waals surface area (Å²) in [5.74, 6) is -1.40. The Morgan fingerprint density at radius 3 is 2.59 bits per heavy atom. The summed E-state index contributed by atoms with van der Waals surface area (Å²) in [6.07, 6.45) is 1.27. The number of halogens is 2. The van der Waals surface area contributed by atoms with Crippen molar-refractivity contribution >= 4 is 35.1 Å². The normalized spacial score (nSPS) is 11.7. The summed E-state index contributed by atoms with van der Waals surface area (Å²) in [6, 6.07) is 15.1. The number of aromatic nitrogens is 1. The van der Waals surface area contributed by atoms with Crippen LogP contribution in [0.4, 0.5) is 0 Å². The topological polar surface area (TPSA) is 79.3 Å². The zero-order chi connectivity index (χ0) is 21.0. The van der Waals surface area contributed by atoms with Gasteiger partial charge in [0.25, 0.3) is 5.91 Å². The van der Waals surface area contributed by atoms with Crippen LogP contribution < -0.4 is 5.32 Å². The molecule has 0 fully saturated rings. The number of carboxylic acid groups (broad SMARTS) is 1. The molecule has 0 spiro atoms. The molecule has 0 aliphatic heterocycles. The molecule has 148 valence electrons. The van der Waals surface area contributed by atoms with Crippen LogP contribution in [0.15, 0.2) is 60.8 Å². The highest BCUT2D eigenvalue weighted by Crippen LogP contribution is 2.32. The molecule has 3 rings (SSSR count). The van der Waals surface area contributed by atoms with E-state index in [2.05, 4.69) is 10.3 Å². The fourth-order valence-corrected chi connectivity index (χ4v) is 3.45. The summed E-state index contributed by atoms with van der Waals surface area (Å²) in [4.78, 5) is 28.5. The van der Waals surface area contributed by atoms with E-state index in [-0.39, 0.29) is 6.42 Å². The third kappa shape index (κ3) is 4.94. The van der Waals surface area contributed by atoms with Crippen molar-refractivity contribution in [2.75, 3.05) is 0 Å². The van der Waals surface area contributed by atoms with E-state index in [1.54, 1.807) is 30.3 Å². The number of nitrogens with one attached hydrogen (secondary N) is 1. The number of carboxylic acids is 1. The number of rotatable bonds is 6. The molecule has 29 heavy (non-hydrogen) atoms. The van der Waals surface area contributed by atoms with Crippen molar-refractivity contribution in [2.24, 2.45) is 0 Å². The maximum absolute atomic E-state index is 12.9. The van der Waals surface area contributed by atoms with E-state index in [1.165, 1.54) is 6.20 Å². The summed E-state index contributed by atoms with van der Waals surface area (Å²) in [5, 5.41) is 12.8. The average molecular weight is 429 g/mol. The third-order valence-electron chi connectivity index (χ3n) is 4.50. The Morgan fingerprint density at radius 2 is 1.86 bits per heavy atom. The predicted octanol–water partition coefficient (Wildman–Crippen LogP) is 5.31. The maximum Gasteiger partial charge on any atom is 0.305 e. The van der Waals surface area contributed by atoms with Gasteiger partial charge in [-0.3, -0.25) is 14.6 Å². The van der Waals surface area contributed by atoms with E-state index in [4.69, 9.17) is 23.2 Å². The quantitative estimate of drug-likeness (QED) is 0.557. The van der Waals surface area contributed by atoms with Crippen LogP contribution in [0, 0.1) is 6.92 Å². The lowest BCUT2D eigenvalue weighted by atomic mass is 9.98. The largest absolute Gasteiger partial charge is 0.481 e. The first-order valence-electron chi connectivity index (χ1n) is 8.85. The van der Waals surface area contributed by atoms with Crippen LogP contribution in [0.2, 0.25) is 10.0 Å². The number of carbonyl (C=O) groups is 2. The van der Waals surface area contributed by atoms with E-state index in [1.807, 2.05) is 31.2 Å². The van der Waals surface area contributed by atoms with E-state index in [9.17, 15) is 14.7 Å². The molecule has 1 aromatic heterocycles. The summed E-state index contributed by atoms with van der Waals surface area (Å²) in [7, 11) is 0. The first-order chi connectivity index (χ1) is 13.9. The Kier molecular flexibility index (Phi) is 6.52. The van der Waals surface area contributed by atoms with Crippen LogP contribution in [-0.2, 0) is 4.79 Å². The van der Waals surface area contributed by atoms with Crippen LogP contribution in [0.1, 0.15) is 33.9 Å². The molecule has 0 bridgehead atoms. The highest BCUT2D eigenvalue weighted by Gasteiger charge is 2.21. The van der Waals surface area contributed by atoms with Crippen LogP contribution in [-0.4, -0.2) is 22.0 Å². The van der Waals surface area contributed by atoms with Crippen molar-refractivity contribution in [3.8, 4) is 11.3 Å². The lowest BCUT2D eigenvalue weighted by molar-refractivity contribution is -0.137. The van der Waals surface area contributed by atoms with Crippen LogP contribution in [0.3, 0.4) is 0 Å². The second-order valence-electron chi connectivity index (χ2n) is 6.51. The van der Waals surface area contributed by atoms with Gasteiger partial charge >= 0.3 is 5.97 Å². The fourth-order valence-electron chi connectivity index (χ4n) is 3.05. The Hall–Kier alpha value is -2.89. The molecular weight excluding hydrogens is 411 g/mol. The molecular formula is C22H18Cl2N2O3. The van der Waals surface area contributed by atoms with Crippen molar-refractivity contribution in [2.45, 2.75) is 19.4 Å². The number of pyridine rings is 1. The molecule has 0 aliphatic carbocycles. The Balaban J connectivity index is 1.90. The lowest BCUT2D eigenvalue weighted by Crippen LogP contribution is -2.30. The molecule has 2 N–H and O–H groups in total. The minimum atomic E-state index is -1.00. The van der Waals surface area contributed by atoms with Crippen molar-refractivity contribution in [3.05, 3.63) is 87.5 Å². The summed E-state index contributed by atoms with van der Waals surface area (Å²) in [5.41, 5.74) is 3.11. The summed E-state index contributed by atoms with van der Waals surface area (Å²) in [6.45, 7) is 1.88. The first kappa shape index (κ1) is 20.8. The van der Waals surface area contributed by atoms with E-state index in [0.29, 0.717) is 26.9 Å². The van der Waals surface area contributed by atoms with Gasteiger partial charge in [0.2, 0.25) is 0 Å². The van der Waals surface area contributed by atoms with E-state index < -0.39 is 17.9 Å². The Labute approximate surface area is 178 Å². The van der Waals surface area contributed by atoms with Gasteiger partial charge in [-0.2, -0.15) is 0 Å². The number of hydrogen-bond donors (Lipinski definition) is 2. The molecule has 0 unspecified atom stereocenters. The number of benzene rings is 2. The van der Waals surface area contributed by atoms with Crippen LogP contribution >= 0.6 is 23.2 Å². The van der Waals surface area contributed by atoms with Crippen molar-refractivity contribution in [3.63, 3.8) is 0 Å². The number of amides is 1. The molecule has 1 heterocycles.